The first-order valence-electron chi connectivity index (χ1n) is 9.75. The molecular weight excluding hydrogens is 441 g/mol. The third-order valence-corrected chi connectivity index (χ3v) is 4.97. The van der Waals surface area contributed by atoms with Crippen LogP contribution in [0.3, 0.4) is 0 Å². The normalized spacial score (nSPS) is 11.0. The lowest BCUT2D eigenvalue weighted by atomic mass is 9.96. The average Bonchev–Trinajstić information content (AvgIpc) is 3.05. The lowest BCUT2D eigenvalue weighted by Gasteiger charge is -2.15. The van der Waals surface area contributed by atoms with Crippen LogP contribution in [0.1, 0.15) is 39.6 Å². The van der Waals surface area contributed by atoms with Crippen LogP contribution in [0.2, 0.25) is 0 Å². The topological polar surface area (TPSA) is 109 Å². The van der Waals surface area contributed by atoms with Crippen LogP contribution in [0.15, 0.2) is 36.4 Å². The highest BCUT2D eigenvalue weighted by Crippen LogP contribution is 2.42. The fourth-order valence-electron chi connectivity index (χ4n) is 3.59. The Bertz CT molecular complexity index is 1200. The first kappa shape index (κ1) is 25.6. The standard InChI is InChI=1S/C22H19F3N2O4.CH4O/c1-12(29)26-8-7-18(30)20-15-9-13(11-28)19(31)10-17(15)27(2)21(20)14-5-3-4-6-16(14)22(23,24)25;1-2/h3-6,9-11,31H,7-8H2,1-2H3,(H,26,29);2H,1H3. The number of carbonyl (C=O) groups excluding carboxylic acids is 3. The Morgan fingerprint density at radius 3 is 2.36 bits per heavy atom. The molecule has 0 bridgehead atoms. The fraction of sp³-hybridized carbons (Fsp3) is 0.261. The van der Waals surface area contributed by atoms with Crippen molar-refractivity contribution in [1.82, 2.24) is 9.88 Å². The number of hydrogen-bond acceptors (Lipinski definition) is 5. The number of aromatic hydroxyl groups is 1. The molecule has 0 aliphatic carbocycles. The summed E-state index contributed by atoms with van der Waals surface area (Å²) in [4.78, 5) is 35.5. The summed E-state index contributed by atoms with van der Waals surface area (Å²) in [5.41, 5.74) is -0.927. The molecule has 33 heavy (non-hydrogen) atoms. The number of hydrogen-bond donors (Lipinski definition) is 3. The lowest BCUT2D eigenvalue weighted by molar-refractivity contribution is -0.137. The summed E-state index contributed by atoms with van der Waals surface area (Å²) in [6.07, 6.45) is -4.42. The Kier molecular flexibility index (Phi) is 7.99. The van der Waals surface area contributed by atoms with Crippen molar-refractivity contribution in [2.45, 2.75) is 19.5 Å². The van der Waals surface area contributed by atoms with Gasteiger partial charge in [0.1, 0.15) is 5.75 Å². The van der Waals surface area contributed by atoms with Gasteiger partial charge in [-0.2, -0.15) is 13.2 Å². The number of amides is 1. The number of aliphatic hydroxyl groups is 1. The molecule has 1 heterocycles. The SMILES string of the molecule is CC(=O)NCCC(=O)c1c(-c2ccccc2C(F)(F)F)n(C)c2cc(O)c(C=O)cc12.CO. The van der Waals surface area contributed by atoms with Gasteiger partial charge in [-0.05, 0) is 12.1 Å². The third-order valence-electron chi connectivity index (χ3n) is 4.97. The first-order valence-corrected chi connectivity index (χ1v) is 9.75. The average molecular weight is 464 g/mol. The predicted molar refractivity (Wildman–Crippen MR) is 116 cm³/mol. The van der Waals surface area contributed by atoms with E-state index in [1.165, 1.54) is 48.9 Å². The zero-order valence-corrected chi connectivity index (χ0v) is 18.2. The van der Waals surface area contributed by atoms with E-state index in [2.05, 4.69) is 5.32 Å². The van der Waals surface area contributed by atoms with Crippen LogP contribution in [0.25, 0.3) is 22.2 Å². The molecule has 0 atom stereocenters. The molecule has 1 aromatic heterocycles. The van der Waals surface area contributed by atoms with Crippen molar-refractivity contribution >= 4 is 28.9 Å². The number of nitrogens with one attached hydrogen (secondary N) is 1. The van der Waals surface area contributed by atoms with Crippen LogP contribution < -0.4 is 5.32 Å². The Hall–Kier alpha value is -3.66. The van der Waals surface area contributed by atoms with Crippen LogP contribution >= 0.6 is 0 Å². The van der Waals surface area contributed by atoms with Crippen molar-refractivity contribution in [3.05, 3.63) is 53.1 Å². The van der Waals surface area contributed by atoms with E-state index in [4.69, 9.17) is 5.11 Å². The zero-order valence-electron chi connectivity index (χ0n) is 18.2. The minimum atomic E-state index is -4.67. The quantitative estimate of drug-likeness (QED) is 0.381. The van der Waals surface area contributed by atoms with E-state index in [0.29, 0.717) is 6.29 Å². The molecule has 2 aromatic carbocycles. The molecule has 3 aromatic rings. The molecule has 0 aliphatic rings. The molecule has 0 radical (unpaired) electrons. The van der Waals surface area contributed by atoms with Crippen molar-refractivity contribution < 1.29 is 37.8 Å². The zero-order chi connectivity index (χ0) is 24.9. The molecule has 0 saturated heterocycles. The van der Waals surface area contributed by atoms with Crippen LogP contribution in [0.5, 0.6) is 5.75 Å². The van der Waals surface area contributed by atoms with E-state index in [-0.39, 0.29) is 57.9 Å². The van der Waals surface area contributed by atoms with Gasteiger partial charge in [0.2, 0.25) is 5.91 Å². The molecule has 3 rings (SSSR count). The van der Waals surface area contributed by atoms with Gasteiger partial charge < -0.3 is 20.1 Å². The molecule has 0 fully saturated rings. The summed E-state index contributed by atoms with van der Waals surface area (Å²) in [6.45, 7) is 1.29. The molecule has 0 aliphatic heterocycles. The number of Topliss-reactive ketones (excluding diaryl/α,β-unsaturated/α-hetero) is 1. The summed E-state index contributed by atoms with van der Waals surface area (Å²) in [5.74, 6) is -1.20. The van der Waals surface area contributed by atoms with Crippen molar-refractivity contribution in [3.8, 4) is 17.0 Å². The summed E-state index contributed by atoms with van der Waals surface area (Å²) in [7, 11) is 2.48. The number of rotatable bonds is 6. The van der Waals surface area contributed by atoms with E-state index < -0.39 is 17.5 Å². The molecule has 1 amide bonds. The number of benzene rings is 2. The smallest absolute Gasteiger partial charge is 0.417 e. The highest BCUT2D eigenvalue weighted by atomic mass is 19.4. The fourth-order valence-corrected chi connectivity index (χ4v) is 3.59. The number of carbonyl (C=O) groups is 3. The maximum absolute atomic E-state index is 13.7. The van der Waals surface area contributed by atoms with Gasteiger partial charge in [0, 0.05) is 51.1 Å². The lowest BCUT2D eigenvalue weighted by Crippen LogP contribution is -2.23. The molecule has 0 unspecified atom stereocenters. The summed E-state index contributed by atoms with van der Waals surface area (Å²) < 4.78 is 42.5. The van der Waals surface area contributed by atoms with Gasteiger partial charge in [0.25, 0.3) is 0 Å². The van der Waals surface area contributed by atoms with E-state index in [0.717, 1.165) is 13.2 Å². The maximum atomic E-state index is 13.7. The van der Waals surface area contributed by atoms with Crippen LogP contribution in [0.4, 0.5) is 13.2 Å². The Labute approximate surface area is 187 Å². The second-order valence-electron chi connectivity index (χ2n) is 7.03. The number of phenols is 1. The van der Waals surface area contributed by atoms with Gasteiger partial charge in [0.15, 0.2) is 12.1 Å². The summed E-state index contributed by atoms with van der Waals surface area (Å²) in [6, 6.07) is 7.40. The monoisotopic (exact) mass is 464 g/mol. The molecule has 10 heteroatoms. The van der Waals surface area contributed by atoms with Crippen LogP contribution in [0, 0.1) is 0 Å². The Balaban J connectivity index is 0.00000187. The van der Waals surface area contributed by atoms with Crippen molar-refractivity contribution in [3.63, 3.8) is 0 Å². The first-order chi connectivity index (χ1) is 15.6. The highest BCUT2D eigenvalue weighted by molar-refractivity contribution is 6.15. The minimum absolute atomic E-state index is 0.00351. The number of ketones is 1. The molecule has 7 nitrogen and oxygen atoms in total. The molecular formula is C23H23F3N2O5. The number of aryl methyl sites for hydroxylation is 1. The van der Waals surface area contributed by atoms with Gasteiger partial charge in [-0.1, -0.05) is 18.2 Å². The van der Waals surface area contributed by atoms with Gasteiger partial charge in [0.05, 0.1) is 27.9 Å². The third kappa shape index (κ3) is 5.23. The summed E-state index contributed by atoms with van der Waals surface area (Å²) in [5, 5.41) is 19.8. The molecule has 0 spiro atoms. The number of nitrogens with zero attached hydrogens (tertiary/aromatic N) is 1. The number of aldehydes is 1. The molecule has 0 saturated carbocycles. The van der Waals surface area contributed by atoms with E-state index in [1.54, 1.807) is 0 Å². The van der Waals surface area contributed by atoms with E-state index in [1.807, 2.05) is 0 Å². The molecule has 176 valence electrons. The van der Waals surface area contributed by atoms with Crippen molar-refractivity contribution in [2.75, 3.05) is 13.7 Å². The Morgan fingerprint density at radius 1 is 1.15 bits per heavy atom. The largest absolute Gasteiger partial charge is 0.507 e. The summed E-state index contributed by atoms with van der Waals surface area (Å²) >= 11 is 0. The number of phenolic OH excluding ortho intramolecular Hbond substituents is 1. The van der Waals surface area contributed by atoms with Gasteiger partial charge in [-0.25, -0.2) is 0 Å². The van der Waals surface area contributed by atoms with E-state index >= 15 is 0 Å². The number of aromatic nitrogens is 1. The Morgan fingerprint density at radius 2 is 1.79 bits per heavy atom. The highest BCUT2D eigenvalue weighted by Gasteiger charge is 2.35. The number of fused-ring (bicyclic) bond motifs is 1. The predicted octanol–water partition coefficient (Wildman–Crippen LogP) is 3.70. The van der Waals surface area contributed by atoms with E-state index in [9.17, 15) is 32.7 Å². The van der Waals surface area contributed by atoms with Crippen molar-refractivity contribution in [2.24, 2.45) is 7.05 Å². The number of halogens is 3. The maximum Gasteiger partial charge on any atom is 0.417 e. The van der Waals surface area contributed by atoms with Crippen LogP contribution in [-0.2, 0) is 18.0 Å². The minimum Gasteiger partial charge on any atom is -0.507 e. The number of alkyl halides is 3. The second-order valence-corrected chi connectivity index (χ2v) is 7.03. The van der Waals surface area contributed by atoms with Gasteiger partial charge in [-0.15, -0.1) is 0 Å². The van der Waals surface area contributed by atoms with Crippen molar-refractivity contribution in [1.29, 1.82) is 0 Å². The number of aliphatic hydroxyl groups excluding tert-OH is 1. The van der Waals surface area contributed by atoms with Crippen LogP contribution in [-0.4, -0.2) is 46.4 Å². The second kappa shape index (κ2) is 10.3. The van der Waals surface area contributed by atoms with Gasteiger partial charge in [-0.3, -0.25) is 14.4 Å². The van der Waals surface area contributed by atoms with Gasteiger partial charge >= 0.3 is 6.18 Å². The molecule has 3 N–H and O–H groups in total.